The summed E-state index contributed by atoms with van der Waals surface area (Å²) in [5, 5.41) is 2.91. The van der Waals surface area contributed by atoms with Crippen molar-refractivity contribution in [2.75, 3.05) is 13.1 Å². The fourth-order valence-corrected chi connectivity index (χ4v) is 3.16. The number of nitrogens with one attached hydrogen (secondary N) is 1. The van der Waals surface area contributed by atoms with E-state index in [-0.39, 0.29) is 30.0 Å². The fourth-order valence-electron chi connectivity index (χ4n) is 3.16. The molecule has 2 aromatic rings. The van der Waals surface area contributed by atoms with Crippen LogP contribution in [-0.2, 0) is 22.6 Å². The number of carbonyl (C=O) groups excluding carboxylic acids is 2. The Labute approximate surface area is 153 Å². The van der Waals surface area contributed by atoms with Gasteiger partial charge in [-0.15, -0.1) is 0 Å². The van der Waals surface area contributed by atoms with Crippen LogP contribution in [0.2, 0.25) is 0 Å². The third-order valence-corrected chi connectivity index (χ3v) is 4.78. The summed E-state index contributed by atoms with van der Waals surface area (Å²) < 4.78 is 13.7. The molecular weight excluding hydrogens is 331 g/mol. The van der Waals surface area contributed by atoms with E-state index in [9.17, 15) is 14.0 Å². The first kappa shape index (κ1) is 18.1. The van der Waals surface area contributed by atoms with Crippen molar-refractivity contribution in [1.82, 2.24) is 10.2 Å². The van der Waals surface area contributed by atoms with Crippen molar-refractivity contribution < 1.29 is 14.0 Å². The predicted octanol–water partition coefficient (Wildman–Crippen LogP) is 2.84. The van der Waals surface area contributed by atoms with E-state index in [1.807, 2.05) is 31.2 Å². The molecule has 1 fully saturated rings. The number of amides is 2. The van der Waals surface area contributed by atoms with Gasteiger partial charge in [0, 0.05) is 26.1 Å². The van der Waals surface area contributed by atoms with Gasteiger partial charge in [-0.2, -0.15) is 0 Å². The van der Waals surface area contributed by atoms with E-state index in [1.54, 1.807) is 23.1 Å². The highest BCUT2D eigenvalue weighted by molar-refractivity contribution is 5.89. The molecule has 1 N–H and O–H groups in total. The van der Waals surface area contributed by atoms with Crippen molar-refractivity contribution in [3.63, 3.8) is 0 Å². The Balaban J connectivity index is 1.49. The number of benzene rings is 2. The second kappa shape index (κ2) is 8.13. The number of likely N-dealkylation sites (tertiary alicyclic amines) is 1. The van der Waals surface area contributed by atoms with E-state index < -0.39 is 0 Å². The average molecular weight is 354 g/mol. The molecule has 0 radical (unpaired) electrons. The Bertz CT molecular complexity index is 789. The monoisotopic (exact) mass is 354 g/mol. The Morgan fingerprint density at radius 3 is 2.65 bits per heavy atom. The fraction of sp³-hybridized carbons (Fsp3) is 0.333. The minimum absolute atomic E-state index is 0.0446. The van der Waals surface area contributed by atoms with Crippen molar-refractivity contribution in [3.8, 4) is 0 Å². The molecule has 2 amide bonds. The quantitative estimate of drug-likeness (QED) is 0.867. The minimum Gasteiger partial charge on any atom is -0.352 e. The molecule has 0 saturated carbocycles. The Morgan fingerprint density at radius 1 is 1.19 bits per heavy atom. The molecule has 1 aliphatic heterocycles. The van der Waals surface area contributed by atoms with Crippen molar-refractivity contribution in [1.29, 1.82) is 0 Å². The molecule has 1 saturated heterocycles. The van der Waals surface area contributed by atoms with E-state index in [4.69, 9.17) is 0 Å². The van der Waals surface area contributed by atoms with Gasteiger partial charge in [-0.05, 0) is 30.5 Å². The van der Waals surface area contributed by atoms with Crippen LogP contribution >= 0.6 is 0 Å². The smallest absolute Gasteiger partial charge is 0.225 e. The molecule has 0 aliphatic carbocycles. The lowest BCUT2D eigenvalue weighted by Gasteiger charge is -2.17. The Morgan fingerprint density at radius 2 is 1.92 bits per heavy atom. The van der Waals surface area contributed by atoms with Gasteiger partial charge in [0.25, 0.3) is 0 Å². The summed E-state index contributed by atoms with van der Waals surface area (Å²) >= 11 is 0. The zero-order valence-electron chi connectivity index (χ0n) is 14.9. The van der Waals surface area contributed by atoms with Crippen LogP contribution in [0.1, 0.15) is 23.1 Å². The molecule has 1 unspecified atom stereocenters. The van der Waals surface area contributed by atoms with Gasteiger partial charge in [0.15, 0.2) is 0 Å². The zero-order valence-corrected chi connectivity index (χ0v) is 14.9. The molecule has 136 valence electrons. The summed E-state index contributed by atoms with van der Waals surface area (Å²) in [7, 11) is 0. The maximum absolute atomic E-state index is 13.7. The molecule has 0 aromatic heterocycles. The number of halogens is 1. The first-order chi connectivity index (χ1) is 12.5. The minimum atomic E-state index is -0.339. The van der Waals surface area contributed by atoms with E-state index in [1.165, 1.54) is 11.6 Å². The first-order valence-electron chi connectivity index (χ1n) is 8.87. The van der Waals surface area contributed by atoms with Gasteiger partial charge in [0.1, 0.15) is 5.82 Å². The van der Waals surface area contributed by atoms with E-state index >= 15 is 0 Å². The van der Waals surface area contributed by atoms with Gasteiger partial charge in [-0.25, -0.2) is 4.39 Å². The van der Waals surface area contributed by atoms with Crippen LogP contribution in [0.3, 0.4) is 0 Å². The van der Waals surface area contributed by atoms with Gasteiger partial charge in [0.2, 0.25) is 11.8 Å². The van der Waals surface area contributed by atoms with Crippen molar-refractivity contribution >= 4 is 11.8 Å². The number of rotatable bonds is 6. The Hall–Kier alpha value is -2.69. The standard InChI is InChI=1S/C21H23FN2O2/c1-15-6-8-16(9-7-15)13-23-21(26)18-12-20(25)24(14-18)11-10-17-4-2-3-5-19(17)22/h2-9,18H,10-14H2,1H3,(H,23,26). The molecule has 4 nitrogen and oxygen atoms in total. The highest BCUT2D eigenvalue weighted by Gasteiger charge is 2.33. The van der Waals surface area contributed by atoms with Crippen LogP contribution in [0.25, 0.3) is 0 Å². The number of hydrogen-bond donors (Lipinski definition) is 1. The molecular formula is C21H23FN2O2. The molecule has 1 aliphatic rings. The largest absolute Gasteiger partial charge is 0.352 e. The SMILES string of the molecule is Cc1ccc(CNC(=O)C2CC(=O)N(CCc3ccccc3F)C2)cc1. The molecule has 2 aromatic carbocycles. The summed E-state index contributed by atoms with van der Waals surface area (Å²) in [6.07, 6.45) is 0.674. The summed E-state index contributed by atoms with van der Waals surface area (Å²) in [6, 6.07) is 14.5. The van der Waals surface area contributed by atoms with Gasteiger partial charge in [0.05, 0.1) is 5.92 Å². The summed E-state index contributed by atoms with van der Waals surface area (Å²) in [5.41, 5.74) is 2.80. The average Bonchev–Trinajstić information content (AvgIpc) is 3.01. The highest BCUT2D eigenvalue weighted by atomic mass is 19.1. The van der Waals surface area contributed by atoms with E-state index in [2.05, 4.69) is 5.32 Å². The maximum Gasteiger partial charge on any atom is 0.225 e. The number of nitrogens with zero attached hydrogens (tertiary/aromatic N) is 1. The van der Waals surface area contributed by atoms with E-state index in [0.29, 0.717) is 31.6 Å². The van der Waals surface area contributed by atoms with Gasteiger partial charge in [-0.3, -0.25) is 9.59 Å². The van der Waals surface area contributed by atoms with Gasteiger partial charge < -0.3 is 10.2 Å². The Kier molecular flexibility index (Phi) is 5.66. The topological polar surface area (TPSA) is 49.4 Å². The molecule has 1 heterocycles. The van der Waals surface area contributed by atoms with Crippen molar-refractivity contribution in [3.05, 3.63) is 71.0 Å². The lowest BCUT2D eigenvalue weighted by molar-refractivity contribution is -0.129. The third-order valence-electron chi connectivity index (χ3n) is 4.78. The van der Waals surface area contributed by atoms with Gasteiger partial charge >= 0.3 is 0 Å². The van der Waals surface area contributed by atoms with Gasteiger partial charge in [-0.1, -0.05) is 48.0 Å². The highest BCUT2D eigenvalue weighted by Crippen LogP contribution is 2.19. The summed E-state index contributed by atoms with van der Waals surface area (Å²) in [4.78, 5) is 26.2. The van der Waals surface area contributed by atoms with Crippen LogP contribution in [-0.4, -0.2) is 29.8 Å². The van der Waals surface area contributed by atoms with Crippen LogP contribution in [0.5, 0.6) is 0 Å². The van der Waals surface area contributed by atoms with Crippen LogP contribution in [0.15, 0.2) is 48.5 Å². The summed E-state index contributed by atoms with van der Waals surface area (Å²) in [6.45, 7) is 3.30. The molecule has 0 spiro atoms. The molecule has 1 atom stereocenters. The van der Waals surface area contributed by atoms with Crippen molar-refractivity contribution in [2.45, 2.75) is 26.3 Å². The second-order valence-corrected chi connectivity index (χ2v) is 6.79. The number of hydrogen-bond acceptors (Lipinski definition) is 2. The lowest BCUT2D eigenvalue weighted by Crippen LogP contribution is -2.33. The molecule has 5 heteroatoms. The maximum atomic E-state index is 13.7. The van der Waals surface area contributed by atoms with E-state index in [0.717, 1.165) is 5.56 Å². The first-order valence-corrected chi connectivity index (χ1v) is 8.87. The van der Waals surface area contributed by atoms with Crippen LogP contribution < -0.4 is 5.32 Å². The molecule has 26 heavy (non-hydrogen) atoms. The van der Waals surface area contributed by atoms with Crippen LogP contribution in [0, 0.1) is 18.7 Å². The zero-order chi connectivity index (χ0) is 18.5. The lowest BCUT2D eigenvalue weighted by atomic mass is 10.1. The second-order valence-electron chi connectivity index (χ2n) is 6.79. The molecule has 3 rings (SSSR count). The van der Waals surface area contributed by atoms with Crippen LogP contribution in [0.4, 0.5) is 4.39 Å². The predicted molar refractivity (Wildman–Crippen MR) is 97.8 cm³/mol. The molecule has 0 bridgehead atoms. The normalized spacial score (nSPS) is 16.8. The number of carbonyl (C=O) groups is 2. The third kappa shape index (κ3) is 4.48. The number of aryl methyl sites for hydroxylation is 1. The van der Waals surface area contributed by atoms with Crippen molar-refractivity contribution in [2.24, 2.45) is 5.92 Å². The summed E-state index contributed by atoms with van der Waals surface area (Å²) in [5.74, 6) is -0.746.